The highest BCUT2D eigenvalue weighted by Gasteiger charge is 2.50. The Hall–Kier alpha value is -2.89. The molecule has 2 aliphatic heterocycles. The lowest BCUT2D eigenvalue weighted by Gasteiger charge is -2.52. The molecule has 0 bridgehead atoms. The van der Waals surface area contributed by atoms with Crippen molar-refractivity contribution in [3.63, 3.8) is 0 Å². The largest absolute Gasteiger partial charge is 0.434 e. The van der Waals surface area contributed by atoms with Crippen molar-refractivity contribution in [3.8, 4) is 11.6 Å². The van der Waals surface area contributed by atoms with Crippen LogP contribution < -0.4 is 9.64 Å². The van der Waals surface area contributed by atoms with E-state index >= 15 is 0 Å². The fourth-order valence-corrected chi connectivity index (χ4v) is 6.70. The molecular weight excluding hydrogens is 561 g/mol. The van der Waals surface area contributed by atoms with Crippen molar-refractivity contribution in [1.29, 1.82) is 0 Å². The highest BCUT2D eigenvalue weighted by Crippen LogP contribution is 2.44. The number of rotatable bonds is 16. The third-order valence-corrected chi connectivity index (χ3v) is 9.45. The van der Waals surface area contributed by atoms with Crippen molar-refractivity contribution in [2.24, 2.45) is 5.41 Å². The monoisotopic (exact) mass is 613 g/mol. The molecule has 244 valence electrons. The van der Waals surface area contributed by atoms with E-state index in [1.807, 2.05) is 20.8 Å². The number of amides is 1. The average molecular weight is 614 g/mol. The van der Waals surface area contributed by atoms with Crippen LogP contribution in [0.3, 0.4) is 0 Å². The first kappa shape index (κ1) is 34.0. The second-order valence-corrected chi connectivity index (χ2v) is 12.9. The number of aromatic nitrogens is 3. The normalized spacial score (nSPS) is 17.7. The molecule has 2 fully saturated rings. The number of ether oxygens (including phenoxy) is 2. The Labute approximate surface area is 262 Å². The summed E-state index contributed by atoms with van der Waals surface area (Å²) in [6, 6.07) is 5.08. The van der Waals surface area contributed by atoms with Gasteiger partial charge in [0.2, 0.25) is 0 Å². The number of anilines is 1. The predicted molar refractivity (Wildman–Crippen MR) is 171 cm³/mol. The van der Waals surface area contributed by atoms with Crippen LogP contribution in [-0.2, 0) is 4.74 Å². The third kappa shape index (κ3) is 8.03. The molecule has 11 heteroatoms. The summed E-state index contributed by atoms with van der Waals surface area (Å²) in [5, 5.41) is 8.23. The summed E-state index contributed by atoms with van der Waals surface area (Å²) in [4.78, 5) is 26.9. The van der Waals surface area contributed by atoms with Gasteiger partial charge in [-0.1, -0.05) is 13.3 Å². The Balaban J connectivity index is 1.42. The number of carbonyl (C=O) groups excluding carboxylic acids is 1. The van der Waals surface area contributed by atoms with Crippen LogP contribution in [0.15, 0.2) is 24.5 Å². The first-order chi connectivity index (χ1) is 21.1. The molecule has 1 aromatic carbocycles. The molecule has 3 heterocycles. The number of carbonyl (C=O) groups is 1. The van der Waals surface area contributed by atoms with Gasteiger partial charge in [-0.05, 0) is 78.6 Å². The zero-order chi connectivity index (χ0) is 31.9. The summed E-state index contributed by atoms with van der Waals surface area (Å²) in [6.07, 6.45) is 7.27. The molecule has 2 saturated heterocycles. The van der Waals surface area contributed by atoms with E-state index in [1.165, 1.54) is 50.2 Å². The van der Waals surface area contributed by atoms with Gasteiger partial charge in [0, 0.05) is 69.9 Å². The second kappa shape index (κ2) is 15.4. The molecule has 2 aliphatic rings. The predicted octanol–water partition coefficient (Wildman–Crippen LogP) is 5.10. The van der Waals surface area contributed by atoms with E-state index < -0.39 is 5.82 Å². The minimum absolute atomic E-state index is 0.0391. The maximum absolute atomic E-state index is 14.3. The van der Waals surface area contributed by atoms with Crippen LogP contribution in [0.5, 0.6) is 11.6 Å². The van der Waals surface area contributed by atoms with E-state index in [9.17, 15) is 9.18 Å². The van der Waals surface area contributed by atoms with Gasteiger partial charge in [0.05, 0.1) is 12.2 Å². The lowest BCUT2D eigenvalue weighted by molar-refractivity contribution is -0.0241. The van der Waals surface area contributed by atoms with Gasteiger partial charge in [0.25, 0.3) is 11.8 Å². The molecule has 0 aliphatic carbocycles. The summed E-state index contributed by atoms with van der Waals surface area (Å²) < 4.78 is 25.7. The molecule has 2 unspecified atom stereocenters. The molecule has 4 rings (SSSR count). The first-order valence-electron chi connectivity index (χ1n) is 16.3. The van der Waals surface area contributed by atoms with E-state index in [0.29, 0.717) is 24.4 Å². The van der Waals surface area contributed by atoms with Crippen molar-refractivity contribution < 1.29 is 18.7 Å². The molecule has 0 N–H and O–H groups in total. The molecule has 44 heavy (non-hydrogen) atoms. The zero-order valence-electron chi connectivity index (χ0n) is 27.8. The summed E-state index contributed by atoms with van der Waals surface area (Å²) in [5.41, 5.74) is 0.371. The van der Waals surface area contributed by atoms with Gasteiger partial charge >= 0.3 is 0 Å². The molecule has 1 amide bonds. The highest BCUT2D eigenvalue weighted by molar-refractivity contribution is 5.97. The summed E-state index contributed by atoms with van der Waals surface area (Å²) >= 11 is 0. The Morgan fingerprint density at radius 1 is 1.14 bits per heavy atom. The standard InChI is InChI=1S/C33H52FN7O3/c1-8-10-27(13-11-25(5)38(6)17-18-43-7)40-21-33(22-40)15-16-39(20-33)30-31(37-36-23-35-30)44-29-14-12-26(34)19-28(29)32(42)41(9-2)24(3)4/h12,14,19,23-25,27H,8-11,13,15-18,20-22H2,1-7H3. The van der Waals surface area contributed by atoms with Crippen LogP contribution >= 0.6 is 0 Å². The molecular formula is C33H52FN7O3. The summed E-state index contributed by atoms with van der Waals surface area (Å²) in [5.74, 6) is 0.287. The van der Waals surface area contributed by atoms with E-state index in [4.69, 9.17) is 9.47 Å². The number of nitrogens with zero attached hydrogens (tertiary/aromatic N) is 7. The third-order valence-electron chi connectivity index (χ3n) is 9.45. The van der Waals surface area contributed by atoms with Gasteiger partial charge in [0.15, 0.2) is 5.82 Å². The van der Waals surface area contributed by atoms with Crippen LogP contribution in [0.2, 0.25) is 0 Å². The molecule has 1 spiro atoms. The van der Waals surface area contributed by atoms with Crippen molar-refractivity contribution in [1.82, 2.24) is 29.9 Å². The molecule has 2 atom stereocenters. The highest BCUT2D eigenvalue weighted by atomic mass is 19.1. The van der Waals surface area contributed by atoms with Crippen LogP contribution in [0.25, 0.3) is 0 Å². The number of hydrogen-bond donors (Lipinski definition) is 0. The Kier molecular flexibility index (Phi) is 11.9. The summed E-state index contributed by atoms with van der Waals surface area (Å²) in [6.45, 7) is 16.4. The maximum Gasteiger partial charge on any atom is 0.282 e. The minimum Gasteiger partial charge on any atom is -0.434 e. The Morgan fingerprint density at radius 2 is 1.91 bits per heavy atom. The fourth-order valence-electron chi connectivity index (χ4n) is 6.70. The van der Waals surface area contributed by atoms with E-state index in [1.54, 1.807) is 12.0 Å². The van der Waals surface area contributed by atoms with Gasteiger partial charge in [-0.2, -0.15) is 0 Å². The van der Waals surface area contributed by atoms with Gasteiger partial charge in [-0.15, -0.1) is 10.2 Å². The van der Waals surface area contributed by atoms with Crippen molar-refractivity contribution in [2.45, 2.75) is 84.8 Å². The minimum atomic E-state index is -0.497. The molecule has 0 radical (unpaired) electrons. The Morgan fingerprint density at radius 3 is 2.59 bits per heavy atom. The molecule has 2 aromatic rings. The first-order valence-corrected chi connectivity index (χ1v) is 16.3. The SMILES string of the molecule is CCCC(CCC(C)N(C)CCOC)N1CC2(CCN(c3ncnnc3Oc3ccc(F)cc3C(=O)N(CC)C(C)C)C2)C1. The van der Waals surface area contributed by atoms with Gasteiger partial charge in [-0.25, -0.2) is 9.37 Å². The quantitative estimate of drug-likeness (QED) is 0.257. The summed E-state index contributed by atoms with van der Waals surface area (Å²) in [7, 11) is 3.94. The van der Waals surface area contributed by atoms with Crippen molar-refractivity contribution in [2.75, 3.05) is 64.9 Å². The number of likely N-dealkylation sites (tertiary alicyclic amines) is 1. The van der Waals surface area contributed by atoms with Gasteiger partial charge < -0.3 is 24.2 Å². The molecule has 10 nitrogen and oxygen atoms in total. The van der Waals surface area contributed by atoms with E-state index in [0.717, 1.165) is 45.8 Å². The number of benzene rings is 1. The smallest absolute Gasteiger partial charge is 0.282 e. The lowest BCUT2D eigenvalue weighted by Crippen LogP contribution is -2.61. The molecule has 1 aromatic heterocycles. The van der Waals surface area contributed by atoms with Crippen LogP contribution in [0.1, 0.15) is 77.1 Å². The fraction of sp³-hybridized carbons (Fsp3) is 0.697. The molecule has 0 saturated carbocycles. The number of hydrogen-bond acceptors (Lipinski definition) is 9. The second-order valence-electron chi connectivity index (χ2n) is 12.9. The van der Waals surface area contributed by atoms with Crippen LogP contribution in [0, 0.1) is 11.2 Å². The van der Waals surface area contributed by atoms with E-state index in [2.05, 4.69) is 50.8 Å². The number of methoxy groups -OCH3 is 1. The zero-order valence-corrected chi connectivity index (χ0v) is 27.8. The van der Waals surface area contributed by atoms with Crippen LogP contribution in [-0.4, -0.2) is 114 Å². The average Bonchev–Trinajstić information content (AvgIpc) is 3.44. The van der Waals surface area contributed by atoms with E-state index in [-0.39, 0.29) is 34.6 Å². The van der Waals surface area contributed by atoms with Crippen molar-refractivity contribution >= 4 is 11.7 Å². The van der Waals surface area contributed by atoms with Crippen LogP contribution in [0.4, 0.5) is 10.2 Å². The Bertz CT molecular complexity index is 1230. The number of halogens is 1. The lowest BCUT2D eigenvalue weighted by atomic mass is 9.77. The topological polar surface area (TPSA) is 87.2 Å². The van der Waals surface area contributed by atoms with Gasteiger partial charge in [0.1, 0.15) is 17.9 Å². The van der Waals surface area contributed by atoms with Gasteiger partial charge in [-0.3, -0.25) is 9.69 Å². The van der Waals surface area contributed by atoms with Crippen molar-refractivity contribution in [3.05, 3.63) is 35.9 Å². The maximum atomic E-state index is 14.3. The number of likely N-dealkylation sites (N-methyl/N-ethyl adjacent to an activating group) is 1.